The summed E-state index contributed by atoms with van der Waals surface area (Å²) in [6.45, 7) is 6.05. The fraction of sp³-hybridized carbons (Fsp3) is 0.583. The summed E-state index contributed by atoms with van der Waals surface area (Å²) in [6, 6.07) is 3.94. The molecule has 90 valence electrons. The lowest BCUT2D eigenvalue weighted by Gasteiger charge is -2.27. The molecule has 2 nitrogen and oxygen atoms in total. The minimum Gasteiger partial charge on any atom is -0.373 e. The Labute approximate surface area is 109 Å². The van der Waals surface area contributed by atoms with Gasteiger partial charge in [0.15, 0.2) is 5.78 Å². The molecule has 0 bridgehead atoms. The van der Waals surface area contributed by atoms with Crippen LogP contribution in [0.2, 0.25) is 0 Å². The van der Waals surface area contributed by atoms with E-state index in [2.05, 4.69) is 15.9 Å². The highest BCUT2D eigenvalue weighted by Crippen LogP contribution is 2.26. The third-order valence-electron chi connectivity index (χ3n) is 2.29. The van der Waals surface area contributed by atoms with Gasteiger partial charge in [-0.1, -0.05) is 20.8 Å². The third-order valence-corrected chi connectivity index (χ3v) is 3.92. The average Bonchev–Trinajstić information content (AvgIpc) is 2.49. The first kappa shape index (κ1) is 13.9. The van der Waals surface area contributed by atoms with E-state index in [9.17, 15) is 4.79 Å². The van der Waals surface area contributed by atoms with Crippen molar-refractivity contribution >= 4 is 33.0 Å². The zero-order valence-corrected chi connectivity index (χ0v) is 12.4. The van der Waals surface area contributed by atoms with Crippen LogP contribution in [0.25, 0.3) is 0 Å². The van der Waals surface area contributed by atoms with Gasteiger partial charge in [0.05, 0.1) is 3.79 Å². The smallest absolute Gasteiger partial charge is 0.167 e. The van der Waals surface area contributed by atoms with E-state index in [1.165, 1.54) is 0 Å². The molecule has 0 aliphatic carbocycles. The summed E-state index contributed by atoms with van der Waals surface area (Å²) in [5, 5.41) is 0. The lowest BCUT2D eigenvalue weighted by atomic mass is 9.85. The minimum absolute atomic E-state index is 0.143. The van der Waals surface area contributed by atoms with E-state index in [0.29, 0.717) is 6.42 Å². The Morgan fingerprint density at radius 3 is 2.50 bits per heavy atom. The topological polar surface area (TPSA) is 26.3 Å². The summed E-state index contributed by atoms with van der Waals surface area (Å²) in [6.07, 6.45) is 0.111. The van der Waals surface area contributed by atoms with Crippen molar-refractivity contribution in [2.24, 2.45) is 5.41 Å². The van der Waals surface area contributed by atoms with Crippen LogP contribution >= 0.6 is 27.3 Å². The summed E-state index contributed by atoms with van der Waals surface area (Å²) in [5.74, 6) is 0.143. The van der Waals surface area contributed by atoms with Crippen molar-refractivity contribution in [1.29, 1.82) is 0 Å². The van der Waals surface area contributed by atoms with Crippen molar-refractivity contribution in [3.8, 4) is 0 Å². The molecule has 0 aromatic carbocycles. The fourth-order valence-corrected chi connectivity index (χ4v) is 3.17. The second-order valence-electron chi connectivity index (χ2n) is 4.83. The van der Waals surface area contributed by atoms with Crippen molar-refractivity contribution in [3.05, 3.63) is 20.8 Å². The number of ether oxygens (including phenoxy) is 1. The molecular formula is C12H17BrO2S. The standard InChI is InChI=1S/C12H17BrO2S/c1-12(2,3)11(15-4)9(14)7-8-5-6-10(13)16-8/h5-6,11H,7H2,1-4H3. The number of Topliss-reactive ketones (excluding diaryl/α,β-unsaturated/α-hetero) is 1. The van der Waals surface area contributed by atoms with Crippen molar-refractivity contribution < 1.29 is 9.53 Å². The number of carbonyl (C=O) groups is 1. The van der Waals surface area contributed by atoms with E-state index in [1.807, 2.05) is 32.9 Å². The summed E-state index contributed by atoms with van der Waals surface area (Å²) in [7, 11) is 1.60. The van der Waals surface area contributed by atoms with Crippen LogP contribution in [0.4, 0.5) is 0 Å². The van der Waals surface area contributed by atoms with E-state index < -0.39 is 0 Å². The van der Waals surface area contributed by atoms with Crippen molar-refractivity contribution in [2.45, 2.75) is 33.3 Å². The maximum absolute atomic E-state index is 12.1. The molecule has 4 heteroatoms. The zero-order chi connectivity index (χ0) is 12.3. The Kier molecular flexibility index (Phi) is 4.71. The number of ketones is 1. The Morgan fingerprint density at radius 1 is 1.50 bits per heavy atom. The maximum Gasteiger partial charge on any atom is 0.167 e. The molecule has 1 atom stereocenters. The zero-order valence-electron chi connectivity index (χ0n) is 10.0. The van der Waals surface area contributed by atoms with Gasteiger partial charge in [0.25, 0.3) is 0 Å². The molecule has 0 saturated carbocycles. The molecule has 1 aromatic heterocycles. The van der Waals surface area contributed by atoms with Crippen molar-refractivity contribution in [1.82, 2.24) is 0 Å². The number of thiophene rings is 1. The molecule has 1 heterocycles. The van der Waals surface area contributed by atoms with Crippen LogP contribution < -0.4 is 0 Å². The summed E-state index contributed by atoms with van der Waals surface area (Å²) < 4.78 is 6.35. The molecular weight excluding hydrogens is 288 g/mol. The molecule has 1 unspecified atom stereocenters. The summed E-state index contributed by atoms with van der Waals surface area (Å²) in [4.78, 5) is 13.1. The molecule has 0 fully saturated rings. The van der Waals surface area contributed by atoms with Crippen LogP contribution in [0, 0.1) is 5.41 Å². The number of halogens is 1. The highest BCUT2D eigenvalue weighted by molar-refractivity contribution is 9.11. The Morgan fingerprint density at radius 2 is 2.12 bits per heavy atom. The maximum atomic E-state index is 12.1. The predicted octanol–water partition coefficient (Wildman–Crippen LogP) is 3.68. The van der Waals surface area contributed by atoms with Crippen LogP contribution in [0.3, 0.4) is 0 Å². The first-order valence-corrected chi connectivity index (χ1v) is 6.75. The second kappa shape index (κ2) is 5.43. The normalized spacial score (nSPS) is 13.8. The van der Waals surface area contributed by atoms with E-state index >= 15 is 0 Å². The number of methoxy groups -OCH3 is 1. The molecule has 0 aliphatic rings. The molecule has 0 spiro atoms. The van der Waals surface area contributed by atoms with Crippen LogP contribution in [0.15, 0.2) is 15.9 Å². The molecule has 0 amide bonds. The number of hydrogen-bond donors (Lipinski definition) is 0. The van der Waals surface area contributed by atoms with Crippen LogP contribution in [0.1, 0.15) is 25.6 Å². The van der Waals surface area contributed by atoms with E-state index in [4.69, 9.17) is 4.74 Å². The van der Waals surface area contributed by atoms with Crippen LogP contribution in [-0.2, 0) is 16.0 Å². The van der Waals surface area contributed by atoms with Gasteiger partial charge in [0.1, 0.15) is 6.10 Å². The molecule has 1 rings (SSSR count). The van der Waals surface area contributed by atoms with E-state index in [-0.39, 0.29) is 17.3 Å². The highest BCUT2D eigenvalue weighted by atomic mass is 79.9. The first-order valence-electron chi connectivity index (χ1n) is 5.14. The van der Waals surface area contributed by atoms with Crippen LogP contribution in [0.5, 0.6) is 0 Å². The van der Waals surface area contributed by atoms with Gasteiger partial charge >= 0.3 is 0 Å². The van der Waals surface area contributed by atoms with Crippen molar-refractivity contribution in [3.63, 3.8) is 0 Å². The van der Waals surface area contributed by atoms with Gasteiger partial charge in [-0.15, -0.1) is 11.3 Å². The highest BCUT2D eigenvalue weighted by Gasteiger charge is 2.31. The van der Waals surface area contributed by atoms with E-state index in [0.717, 1.165) is 8.66 Å². The Bertz CT molecular complexity index is 365. The molecule has 1 aromatic rings. The van der Waals surface area contributed by atoms with Gasteiger partial charge in [0, 0.05) is 18.4 Å². The first-order chi connectivity index (χ1) is 7.34. The Hall–Kier alpha value is -0.190. The lowest BCUT2D eigenvalue weighted by molar-refractivity contribution is -0.134. The lowest BCUT2D eigenvalue weighted by Crippen LogP contribution is -2.37. The third kappa shape index (κ3) is 3.68. The van der Waals surface area contributed by atoms with Gasteiger partial charge in [-0.05, 0) is 33.5 Å². The van der Waals surface area contributed by atoms with Gasteiger partial charge in [-0.3, -0.25) is 4.79 Å². The summed E-state index contributed by atoms with van der Waals surface area (Å²) >= 11 is 4.99. The fourth-order valence-electron chi connectivity index (χ4n) is 1.68. The number of rotatable bonds is 4. The quantitative estimate of drug-likeness (QED) is 0.848. The van der Waals surface area contributed by atoms with Crippen molar-refractivity contribution in [2.75, 3.05) is 7.11 Å². The number of carbonyl (C=O) groups excluding carboxylic acids is 1. The molecule has 0 aliphatic heterocycles. The van der Waals surface area contributed by atoms with Gasteiger partial charge in [0.2, 0.25) is 0 Å². The van der Waals surface area contributed by atoms with E-state index in [1.54, 1.807) is 18.4 Å². The van der Waals surface area contributed by atoms with Gasteiger partial charge in [-0.25, -0.2) is 0 Å². The monoisotopic (exact) mass is 304 g/mol. The average molecular weight is 305 g/mol. The molecule has 0 N–H and O–H groups in total. The summed E-state index contributed by atoms with van der Waals surface area (Å²) in [5.41, 5.74) is -0.152. The molecule has 16 heavy (non-hydrogen) atoms. The van der Waals surface area contributed by atoms with Crippen LogP contribution in [-0.4, -0.2) is 19.0 Å². The van der Waals surface area contributed by atoms with Gasteiger partial charge in [-0.2, -0.15) is 0 Å². The molecule has 0 saturated heterocycles. The Balaban J connectivity index is 2.71. The number of hydrogen-bond acceptors (Lipinski definition) is 3. The van der Waals surface area contributed by atoms with Gasteiger partial charge < -0.3 is 4.74 Å². The second-order valence-corrected chi connectivity index (χ2v) is 7.38. The SMILES string of the molecule is COC(C(=O)Cc1ccc(Br)s1)C(C)(C)C. The predicted molar refractivity (Wildman–Crippen MR) is 71.0 cm³/mol. The largest absolute Gasteiger partial charge is 0.373 e. The molecule has 0 radical (unpaired) electrons. The minimum atomic E-state index is -0.339.